The van der Waals surface area contributed by atoms with Gasteiger partial charge in [-0.15, -0.1) is 5.10 Å². The standard InChI is InChI=1S/C22H28N4O4/c1-13(2)15-6-7-21(29-5)17(10-15)16-11-18(20(28)12-19(16)27)22-23-24-25-26(22)8-9-30-14(3)4/h6-7,10-14,27-28H,8-9H2,1-5H3. The van der Waals surface area contributed by atoms with Crippen LogP contribution in [-0.4, -0.2) is 50.2 Å². The molecular weight excluding hydrogens is 384 g/mol. The fourth-order valence-corrected chi connectivity index (χ4v) is 3.19. The van der Waals surface area contributed by atoms with Crippen LogP contribution >= 0.6 is 0 Å². The number of rotatable bonds is 8. The third kappa shape index (κ3) is 4.54. The second-order valence-corrected chi connectivity index (χ2v) is 7.65. The van der Waals surface area contributed by atoms with Gasteiger partial charge in [-0.25, -0.2) is 4.68 Å². The number of tetrazole rings is 1. The molecule has 1 heterocycles. The molecule has 8 heteroatoms. The van der Waals surface area contributed by atoms with Gasteiger partial charge in [-0.1, -0.05) is 19.9 Å². The van der Waals surface area contributed by atoms with E-state index in [1.54, 1.807) is 17.9 Å². The van der Waals surface area contributed by atoms with E-state index in [1.807, 2.05) is 32.0 Å². The van der Waals surface area contributed by atoms with Gasteiger partial charge in [-0.2, -0.15) is 0 Å². The van der Waals surface area contributed by atoms with Crippen LogP contribution in [0.4, 0.5) is 0 Å². The summed E-state index contributed by atoms with van der Waals surface area (Å²) in [6, 6.07) is 8.84. The summed E-state index contributed by atoms with van der Waals surface area (Å²) >= 11 is 0. The molecule has 0 atom stereocenters. The van der Waals surface area contributed by atoms with Crippen LogP contribution in [0.5, 0.6) is 17.2 Å². The van der Waals surface area contributed by atoms with Gasteiger partial charge in [0.1, 0.15) is 17.2 Å². The summed E-state index contributed by atoms with van der Waals surface area (Å²) in [5, 5.41) is 32.9. The second-order valence-electron chi connectivity index (χ2n) is 7.65. The van der Waals surface area contributed by atoms with E-state index < -0.39 is 0 Å². The molecule has 0 saturated heterocycles. The molecule has 0 radical (unpaired) electrons. The molecule has 8 nitrogen and oxygen atoms in total. The molecule has 3 aromatic rings. The fourth-order valence-electron chi connectivity index (χ4n) is 3.19. The maximum Gasteiger partial charge on any atom is 0.185 e. The largest absolute Gasteiger partial charge is 0.507 e. The summed E-state index contributed by atoms with van der Waals surface area (Å²) in [7, 11) is 1.58. The van der Waals surface area contributed by atoms with Gasteiger partial charge in [-0.3, -0.25) is 0 Å². The normalized spacial score (nSPS) is 11.4. The van der Waals surface area contributed by atoms with Gasteiger partial charge >= 0.3 is 0 Å². The van der Waals surface area contributed by atoms with Crippen molar-refractivity contribution in [3.8, 4) is 39.8 Å². The average Bonchev–Trinajstić information content (AvgIpc) is 3.15. The van der Waals surface area contributed by atoms with Crippen molar-refractivity contribution in [1.29, 1.82) is 0 Å². The number of methoxy groups -OCH3 is 1. The van der Waals surface area contributed by atoms with Crippen LogP contribution in [0, 0.1) is 0 Å². The SMILES string of the molecule is COc1ccc(C(C)C)cc1-c1cc(-c2nnnn2CCOC(C)C)c(O)cc1O. The minimum Gasteiger partial charge on any atom is -0.507 e. The molecule has 0 bridgehead atoms. The van der Waals surface area contributed by atoms with Crippen LogP contribution in [-0.2, 0) is 11.3 Å². The number of hydrogen-bond acceptors (Lipinski definition) is 7. The van der Waals surface area contributed by atoms with Gasteiger partial charge in [0.25, 0.3) is 0 Å². The number of phenols is 2. The summed E-state index contributed by atoms with van der Waals surface area (Å²) in [5.41, 5.74) is 2.77. The summed E-state index contributed by atoms with van der Waals surface area (Å²) in [6.07, 6.45) is 0.0966. The van der Waals surface area contributed by atoms with Crippen LogP contribution in [0.25, 0.3) is 22.5 Å². The lowest BCUT2D eigenvalue weighted by Gasteiger charge is -2.16. The number of aromatic hydroxyl groups is 2. The highest BCUT2D eigenvalue weighted by Gasteiger charge is 2.20. The van der Waals surface area contributed by atoms with E-state index >= 15 is 0 Å². The zero-order valence-corrected chi connectivity index (χ0v) is 18.0. The molecule has 0 aliphatic rings. The summed E-state index contributed by atoms with van der Waals surface area (Å²) < 4.78 is 12.7. The van der Waals surface area contributed by atoms with Crippen molar-refractivity contribution in [3.63, 3.8) is 0 Å². The Balaban J connectivity index is 2.07. The first-order valence-electron chi connectivity index (χ1n) is 9.94. The Labute approximate surface area is 176 Å². The molecule has 2 N–H and O–H groups in total. The van der Waals surface area contributed by atoms with Gasteiger partial charge in [0.15, 0.2) is 5.82 Å². The maximum atomic E-state index is 10.6. The number of ether oxygens (including phenoxy) is 2. The highest BCUT2D eigenvalue weighted by atomic mass is 16.5. The van der Waals surface area contributed by atoms with Gasteiger partial charge in [-0.05, 0) is 54.0 Å². The molecule has 0 saturated carbocycles. The Kier molecular flexibility index (Phi) is 6.56. The van der Waals surface area contributed by atoms with E-state index in [9.17, 15) is 10.2 Å². The Morgan fingerprint density at radius 3 is 2.37 bits per heavy atom. The van der Waals surface area contributed by atoms with E-state index in [0.717, 1.165) is 11.1 Å². The average molecular weight is 412 g/mol. The highest BCUT2D eigenvalue weighted by molar-refractivity contribution is 5.82. The quantitative estimate of drug-likeness (QED) is 0.577. The lowest BCUT2D eigenvalue weighted by molar-refractivity contribution is 0.0709. The van der Waals surface area contributed by atoms with Crippen molar-refractivity contribution in [2.75, 3.05) is 13.7 Å². The molecular formula is C22H28N4O4. The lowest BCUT2D eigenvalue weighted by atomic mass is 9.94. The van der Waals surface area contributed by atoms with E-state index in [0.29, 0.717) is 41.8 Å². The van der Waals surface area contributed by atoms with Crippen LogP contribution in [0.3, 0.4) is 0 Å². The summed E-state index contributed by atoms with van der Waals surface area (Å²) in [4.78, 5) is 0. The predicted octanol–water partition coefficient (Wildman–Crippen LogP) is 3.98. The van der Waals surface area contributed by atoms with Crippen molar-refractivity contribution in [2.24, 2.45) is 0 Å². The van der Waals surface area contributed by atoms with Gasteiger partial charge < -0.3 is 19.7 Å². The third-order valence-electron chi connectivity index (χ3n) is 4.82. The van der Waals surface area contributed by atoms with Crippen molar-refractivity contribution in [1.82, 2.24) is 20.2 Å². The molecule has 0 aliphatic heterocycles. The second kappa shape index (κ2) is 9.13. The van der Waals surface area contributed by atoms with E-state index in [2.05, 4.69) is 29.4 Å². The van der Waals surface area contributed by atoms with Crippen molar-refractivity contribution in [2.45, 2.75) is 46.3 Å². The summed E-state index contributed by atoms with van der Waals surface area (Å²) in [6.45, 7) is 8.98. The first-order valence-corrected chi connectivity index (χ1v) is 9.94. The third-order valence-corrected chi connectivity index (χ3v) is 4.82. The molecule has 3 rings (SSSR count). The number of benzene rings is 2. The molecule has 1 aromatic heterocycles. The molecule has 0 aliphatic carbocycles. The molecule has 0 spiro atoms. The lowest BCUT2D eigenvalue weighted by Crippen LogP contribution is -2.12. The van der Waals surface area contributed by atoms with Crippen LogP contribution < -0.4 is 4.74 Å². The molecule has 0 fully saturated rings. The monoisotopic (exact) mass is 412 g/mol. The van der Waals surface area contributed by atoms with Crippen molar-refractivity contribution < 1.29 is 19.7 Å². The minimum atomic E-state index is -0.115. The molecule has 30 heavy (non-hydrogen) atoms. The number of phenolic OH excluding ortho intramolecular Hbond substituents is 2. The summed E-state index contributed by atoms with van der Waals surface area (Å²) in [5.74, 6) is 1.15. The molecule has 2 aromatic carbocycles. The van der Waals surface area contributed by atoms with Crippen LogP contribution in [0.15, 0.2) is 30.3 Å². The zero-order chi connectivity index (χ0) is 21.8. The number of aromatic nitrogens is 4. The molecule has 0 amide bonds. The Morgan fingerprint density at radius 1 is 0.967 bits per heavy atom. The predicted molar refractivity (Wildman–Crippen MR) is 114 cm³/mol. The minimum absolute atomic E-state index is 0.0578. The van der Waals surface area contributed by atoms with Gasteiger partial charge in [0.05, 0.1) is 31.9 Å². The Bertz CT molecular complexity index is 1010. The first-order chi connectivity index (χ1) is 14.3. The molecule has 0 unspecified atom stereocenters. The molecule has 160 valence electrons. The van der Waals surface area contributed by atoms with Gasteiger partial charge in [0.2, 0.25) is 0 Å². The van der Waals surface area contributed by atoms with Crippen LogP contribution in [0.2, 0.25) is 0 Å². The number of hydrogen-bond donors (Lipinski definition) is 2. The van der Waals surface area contributed by atoms with E-state index in [4.69, 9.17) is 9.47 Å². The van der Waals surface area contributed by atoms with Crippen molar-refractivity contribution in [3.05, 3.63) is 35.9 Å². The van der Waals surface area contributed by atoms with E-state index in [1.165, 1.54) is 6.07 Å². The number of nitrogens with zero attached hydrogens (tertiary/aromatic N) is 4. The van der Waals surface area contributed by atoms with E-state index in [-0.39, 0.29) is 17.6 Å². The smallest absolute Gasteiger partial charge is 0.185 e. The Morgan fingerprint density at radius 2 is 1.70 bits per heavy atom. The maximum absolute atomic E-state index is 10.6. The topological polar surface area (TPSA) is 103 Å². The first kappa shape index (κ1) is 21.6. The Hall–Kier alpha value is -3.13. The highest BCUT2D eigenvalue weighted by Crippen LogP contribution is 2.43. The van der Waals surface area contributed by atoms with Gasteiger partial charge in [0, 0.05) is 17.2 Å². The van der Waals surface area contributed by atoms with Crippen molar-refractivity contribution >= 4 is 0 Å². The zero-order valence-electron chi connectivity index (χ0n) is 18.0. The van der Waals surface area contributed by atoms with Crippen LogP contribution in [0.1, 0.15) is 39.2 Å². The fraction of sp³-hybridized carbons (Fsp3) is 0.409.